The van der Waals surface area contributed by atoms with E-state index >= 15 is 0 Å². The molecule has 12 heavy (non-hydrogen) atoms. The third-order valence-electron chi connectivity index (χ3n) is 1.52. The van der Waals surface area contributed by atoms with Crippen molar-refractivity contribution in [2.45, 2.75) is 13.3 Å². The van der Waals surface area contributed by atoms with E-state index in [1.54, 1.807) is 0 Å². The molecule has 0 N–H and O–H groups in total. The predicted octanol–water partition coefficient (Wildman–Crippen LogP) is 3.73. The van der Waals surface area contributed by atoms with Gasteiger partial charge in [-0.1, -0.05) is 11.6 Å². The molecule has 0 atom stereocenters. The maximum atomic E-state index is 12.5. The molecule has 0 aromatic heterocycles. The fourth-order valence-corrected chi connectivity index (χ4v) is 1.33. The average molecular weight is 195 g/mol. The molecular formula is C8H6ClF3. The van der Waals surface area contributed by atoms with Gasteiger partial charge in [-0.15, -0.1) is 0 Å². The third-order valence-corrected chi connectivity index (χ3v) is 1.83. The monoisotopic (exact) mass is 194 g/mol. The largest absolute Gasteiger partial charge is 0.265 e. The number of aryl methyl sites for hydroxylation is 1. The molecule has 0 amide bonds. The second kappa shape index (κ2) is 3.35. The van der Waals surface area contributed by atoms with E-state index in [4.69, 9.17) is 11.6 Å². The fourth-order valence-electron chi connectivity index (χ4n) is 0.990. The summed E-state index contributed by atoms with van der Waals surface area (Å²) >= 11 is 5.41. The summed E-state index contributed by atoms with van der Waals surface area (Å²) in [7, 11) is 0. The van der Waals surface area contributed by atoms with Gasteiger partial charge in [-0.3, -0.25) is 0 Å². The van der Waals surface area contributed by atoms with E-state index in [0.29, 0.717) is 0 Å². The predicted molar refractivity (Wildman–Crippen MR) is 41.1 cm³/mol. The van der Waals surface area contributed by atoms with E-state index in [1.165, 1.54) is 6.92 Å². The van der Waals surface area contributed by atoms with Gasteiger partial charge in [0.2, 0.25) is 0 Å². The van der Waals surface area contributed by atoms with Gasteiger partial charge >= 0.3 is 0 Å². The average Bonchev–Trinajstić information content (AvgIpc) is 1.82. The molecule has 0 unspecified atom stereocenters. The minimum Gasteiger partial charge on any atom is -0.207 e. The second-order valence-electron chi connectivity index (χ2n) is 2.42. The molecule has 1 aromatic rings. The zero-order chi connectivity index (χ0) is 9.30. The van der Waals surface area contributed by atoms with Crippen LogP contribution in [0.5, 0.6) is 0 Å². The van der Waals surface area contributed by atoms with Crippen molar-refractivity contribution in [1.29, 1.82) is 0 Å². The van der Waals surface area contributed by atoms with E-state index in [0.717, 1.165) is 12.1 Å². The van der Waals surface area contributed by atoms with Crippen molar-refractivity contribution in [3.63, 3.8) is 0 Å². The summed E-state index contributed by atoms with van der Waals surface area (Å²) in [5.41, 5.74) is -0.118. The molecule has 0 aliphatic rings. The number of hydrogen-bond donors (Lipinski definition) is 0. The van der Waals surface area contributed by atoms with Crippen LogP contribution in [-0.4, -0.2) is 0 Å². The first kappa shape index (κ1) is 9.39. The number of hydrogen-bond acceptors (Lipinski definition) is 0. The number of rotatable bonds is 1. The van der Waals surface area contributed by atoms with Crippen LogP contribution in [0.4, 0.5) is 13.2 Å². The van der Waals surface area contributed by atoms with Crippen LogP contribution in [0.25, 0.3) is 0 Å². The van der Waals surface area contributed by atoms with Crippen molar-refractivity contribution in [2.24, 2.45) is 0 Å². The van der Waals surface area contributed by atoms with Crippen LogP contribution in [0.3, 0.4) is 0 Å². The standard InChI is InChI=1S/C8H6ClF3/c1-4-2-5(10)3-6(9)7(4)8(11)12/h2-3,8H,1H3. The SMILES string of the molecule is Cc1cc(F)cc(Cl)c1C(F)F. The molecular weight excluding hydrogens is 189 g/mol. The van der Waals surface area contributed by atoms with Crippen molar-refractivity contribution in [2.75, 3.05) is 0 Å². The first-order valence-electron chi connectivity index (χ1n) is 3.26. The summed E-state index contributed by atoms with van der Waals surface area (Å²) in [4.78, 5) is 0. The lowest BCUT2D eigenvalue weighted by atomic mass is 10.1. The number of benzene rings is 1. The highest BCUT2D eigenvalue weighted by Gasteiger charge is 2.15. The molecule has 0 bridgehead atoms. The fraction of sp³-hybridized carbons (Fsp3) is 0.250. The minimum absolute atomic E-state index is 0.176. The topological polar surface area (TPSA) is 0 Å². The lowest BCUT2D eigenvalue weighted by Crippen LogP contribution is -1.92. The summed E-state index contributed by atoms with van der Waals surface area (Å²) in [6.45, 7) is 1.40. The van der Waals surface area contributed by atoms with Gasteiger partial charge in [0.05, 0.1) is 5.02 Å². The minimum atomic E-state index is -2.65. The molecule has 0 saturated heterocycles. The van der Waals surface area contributed by atoms with Crippen LogP contribution in [-0.2, 0) is 0 Å². The molecule has 1 rings (SSSR count). The van der Waals surface area contributed by atoms with Crippen molar-refractivity contribution in [1.82, 2.24) is 0 Å². The maximum Gasteiger partial charge on any atom is 0.265 e. The Bertz CT molecular complexity index is 273. The number of halogens is 4. The Hall–Kier alpha value is -0.700. The van der Waals surface area contributed by atoms with Crippen LogP contribution in [0.15, 0.2) is 12.1 Å². The maximum absolute atomic E-state index is 12.5. The van der Waals surface area contributed by atoms with E-state index in [2.05, 4.69) is 0 Å². The van der Waals surface area contributed by atoms with E-state index in [9.17, 15) is 13.2 Å². The van der Waals surface area contributed by atoms with Crippen LogP contribution in [0.1, 0.15) is 17.6 Å². The lowest BCUT2D eigenvalue weighted by molar-refractivity contribution is 0.150. The highest BCUT2D eigenvalue weighted by atomic mass is 35.5. The molecule has 0 saturated carbocycles. The summed E-state index contributed by atoms with van der Waals surface area (Å²) in [5, 5.41) is -0.220. The van der Waals surface area contributed by atoms with E-state index in [-0.39, 0.29) is 16.1 Å². The highest BCUT2D eigenvalue weighted by Crippen LogP contribution is 2.30. The highest BCUT2D eigenvalue weighted by molar-refractivity contribution is 6.31. The Morgan fingerprint density at radius 2 is 1.92 bits per heavy atom. The van der Waals surface area contributed by atoms with Crippen molar-refractivity contribution in [3.8, 4) is 0 Å². The second-order valence-corrected chi connectivity index (χ2v) is 2.83. The summed E-state index contributed by atoms with van der Waals surface area (Å²) < 4.78 is 37.0. The van der Waals surface area contributed by atoms with E-state index < -0.39 is 12.2 Å². The molecule has 0 nitrogen and oxygen atoms in total. The molecule has 1 aromatic carbocycles. The van der Waals surface area contributed by atoms with Gasteiger partial charge < -0.3 is 0 Å². The van der Waals surface area contributed by atoms with E-state index in [1.807, 2.05) is 0 Å². The van der Waals surface area contributed by atoms with Crippen LogP contribution < -0.4 is 0 Å². The van der Waals surface area contributed by atoms with Gasteiger partial charge in [-0.2, -0.15) is 0 Å². The van der Waals surface area contributed by atoms with Gasteiger partial charge in [-0.25, -0.2) is 13.2 Å². The number of alkyl halides is 2. The Morgan fingerprint density at radius 3 is 2.33 bits per heavy atom. The Morgan fingerprint density at radius 1 is 1.33 bits per heavy atom. The molecule has 4 heteroatoms. The van der Waals surface area contributed by atoms with Crippen LogP contribution >= 0.6 is 11.6 Å². The third kappa shape index (κ3) is 1.72. The lowest BCUT2D eigenvalue weighted by Gasteiger charge is -2.06. The Labute approximate surface area is 73.0 Å². The zero-order valence-corrected chi connectivity index (χ0v) is 7.00. The molecule has 0 aliphatic heterocycles. The molecule has 0 aliphatic carbocycles. The Balaban J connectivity index is 3.28. The molecule has 0 heterocycles. The summed E-state index contributed by atoms with van der Waals surface area (Å²) in [5.74, 6) is -0.595. The van der Waals surface area contributed by atoms with Crippen molar-refractivity contribution < 1.29 is 13.2 Å². The molecule has 0 spiro atoms. The van der Waals surface area contributed by atoms with Crippen LogP contribution in [0.2, 0.25) is 5.02 Å². The van der Waals surface area contributed by atoms with Gasteiger partial charge in [-0.05, 0) is 24.6 Å². The smallest absolute Gasteiger partial charge is 0.207 e. The summed E-state index contributed by atoms with van der Waals surface area (Å²) in [6, 6.07) is 1.92. The molecule has 66 valence electrons. The first-order valence-corrected chi connectivity index (χ1v) is 3.64. The van der Waals surface area contributed by atoms with Gasteiger partial charge in [0, 0.05) is 5.56 Å². The quantitative estimate of drug-likeness (QED) is 0.639. The van der Waals surface area contributed by atoms with Crippen molar-refractivity contribution >= 4 is 11.6 Å². The normalized spacial score (nSPS) is 10.8. The Kier molecular flexibility index (Phi) is 2.62. The molecule has 0 radical (unpaired) electrons. The van der Waals surface area contributed by atoms with Crippen molar-refractivity contribution in [3.05, 3.63) is 34.1 Å². The van der Waals surface area contributed by atoms with Gasteiger partial charge in [0.1, 0.15) is 5.82 Å². The van der Waals surface area contributed by atoms with Gasteiger partial charge in [0.25, 0.3) is 6.43 Å². The summed E-state index contributed by atoms with van der Waals surface area (Å²) in [6.07, 6.45) is -2.65. The zero-order valence-electron chi connectivity index (χ0n) is 6.24. The first-order chi connectivity index (χ1) is 5.52. The molecule has 0 fully saturated rings. The van der Waals surface area contributed by atoms with Gasteiger partial charge in [0.15, 0.2) is 0 Å². The van der Waals surface area contributed by atoms with Crippen LogP contribution in [0, 0.1) is 12.7 Å².